The molecule has 1 amide bonds. The third-order valence-corrected chi connectivity index (χ3v) is 5.92. The molecule has 0 saturated heterocycles. The van der Waals surface area contributed by atoms with Gasteiger partial charge in [-0.1, -0.05) is 42.9 Å². The van der Waals surface area contributed by atoms with E-state index in [9.17, 15) is 9.59 Å². The number of carbonyl (C=O) groups excluding carboxylic acids is 1. The third-order valence-electron chi connectivity index (χ3n) is 5.02. The number of nitrogens with zero attached hydrogens (tertiary/aromatic N) is 2. The Bertz CT molecular complexity index is 1310. The van der Waals surface area contributed by atoms with Gasteiger partial charge in [-0.15, -0.1) is 10.2 Å². The average molecular weight is 434 g/mol. The van der Waals surface area contributed by atoms with E-state index in [1.807, 2.05) is 26.0 Å². The van der Waals surface area contributed by atoms with Crippen molar-refractivity contribution in [1.29, 1.82) is 0 Å². The number of fused-ring (bicyclic) bond motifs is 1. The highest BCUT2D eigenvalue weighted by molar-refractivity contribution is 7.15. The molecule has 31 heavy (non-hydrogen) atoms. The monoisotopic (exact) mass is 433 g/mol. The Morgan fingerprint density at radius 1 is 1.10 bits per heavy atom. The van der Waals surface area contributed by atoms with Gasteiger partial charge in [0.25, 0.3) is 5.91 Å². The SMILES string of the molecule is CCCCc1nnc(NC(=O)c2ccc(-c3cc(=O)c4cc(C)cc(C)c4o3)cc2)s1. The molecule has 0 unspecified atom stereocenters. The van der Waals surface area contributed by atoms with Crippen LogP contribution in [-0.2, 0) is 6.42 Å². The molecule has 0 aliphatic rings. The Morgan fingerprint density at radius 2 is 1.87 bits per heavy atom. The summed E-state index contributed by atoms with van der Waals surface area (Å²) in [5.74, 6) is 0.220. The Kier molecular flexibility index (Phi) is 5.95. The first-order valence-corrected chi connectivity index (χ1v) is 11.1. The molecule has 0 aliphatic carbocycles. The van der Waals surface area contributed by atoms with Gasteiger partial charge in [0.05, 0.1) is 5.39 Å². The lowest BCUT2D eigenvalue weighted by molar-refractivity contribution is 0.102. The second-order valence-electron chi connectivity index (χ2n) is 7.57. The van der Waals surface area contributed by atoms with Gasteiger partial charge in [-0.05, 0) is 49.6 Å². The minimum atomic E-state index is -0.254. The van der Waals surface area contributed by atoms with Crippen LogP contribution in [0.4, 0.5) is 5.13 Å². The second kappa shape index (κ2) is 8.81. The summed E-state index contributed by atoms with van der Waals surface area (Å²) >= 11 is 1.40. The molecular weight excluding hydrogens is 410 g/mol. The van der Waals surface area contributed by atoms with E-state index in [1.165, 1.54) is 17.4 Å². The number of amides is 1. The third kappa shape index (κ3) is 4.56. The van der Waals surface area contributed by atoms with Crippen molar-refractivity contribution < 1.29 is 9.21 Å². The molecule has 7 heteroatoms. The van der Waals surface area contributed by atoms with E-state index >= 15 is 0 Å². The lowest BCUT2D eigenvalue weighted by Gasteiger charge is -2.07. The largest absolute Gasteiger partial charge is 0.456 e. The summed E-state index contributed by atoms with van der Waals surface area (Å²) in [4.78, 5) is 25.1. The summed E-state index contributed by atoms with van der Waals surface area (Å²) in [5.41, 5.74) is 3.66. The van der Waals surface area contributed by atoms with Crippen molar-refractivity contribution in [2.75, 3.05) is 5.32 Å². The zero-order valence-electron chi connectivity index (χ0n) is 17.7. The topological polar surface area (TPSA) is 85.1 Å². The summed E-state index contributed by atoms with van der Waals surface area (Å²) < 4.78 is 6.03. The number of anilines is 1. The number of hydrogen-bond acceptors (Lipinski definition) is 6. The van der Waals surface area contributed by atoms with Gasteiger partial charge >= 0.3 is 0 Å². The maximum atomic E-state index is 12.6. The highest BCUT2D eigenvalue weighted by atomic mass is 32.1. The first-order chi connectivity index (χ1) is 14.9. The van der Waals surface area contributed by atoms with E-state index in [2.05, 4.69) is 22.4 Å². The lowest BCUT2D eigenvalue weighted by atomic mass is 10.1. The van der Waals surface area contributed by atoms with Crippen molar-refractivity contribution in [3.63, 3.8) is 0 Å². The first-order valence-electron chi connectivity index (χ1n) is 10.2. The van der Waals surface area contributed by atoms with Crippen LogP contribution in [0, 0.1) is 13.8 Å². The van der Waals surface area contributed by atoms with Crippen LogP contribution in [0.5, 0.6) is 0 Å². The van der Waals surface area contributed by atoms with E-state index in [-0.39, 0.29) is 11.3 Å². The van der Waals surface area contributed by atoms with E-state index in [0.29, 0.717) is 27.4 Å². The van der Waals surface area contributed by atoms with Crippen molar-refractivity contribution >= 4 is 33.3 Å². The van der Waals surface area contributed by atoms with Gasteiger partial charge in [0.1, 0.15) is 16.4 Å². The van der Waals surface area contributed by atoms with Crippen molar-refractivity contribution in [2.45, 2.75) is 40.0 Å². The zero-order chi connectivity index (χ0) is 22.0. The molecule has 0 bridgehead atoms. The predicted molar refractivity (Wildman–Crippen MR) is 124 cm³/mol. The molecule has 2 heterocycles. The Morgan fingerprint density at radius 3 is 2.61 bits per heavy atom. The summed E-state index contributed by atoms with van der Waals surface area (Å²) in [7, 11) is 0. The number of aryl methyl sites for hydroxylation is 3. The van der Waals surface area contributed by atoms with Gasteiger partial charge in [-0.3, -0.25) is 14.9 Å². The summed E-state index contributed by atoms with van der Waals surface area (Å²) in [6.45, 7) is 6.01. The van der Waals surface area contributed by atoms with Crippen LogP contribution in [0.15, 0.2) is 51.7 Å². The highest BCUT2D eigenvalue weighted by Crippen LogP contribution is 2.26. The van der Waals surface area contributed by atoms with Gasteiger partial charge < -0.3 is 4.42 Å². The van der Waals surface area contributed by atoms with Crippen LogP contribution in [0.3, 0.4) is 0 Å². The molecule has 6 nitrogen and oxygen atoms in total. The number of rotatable bonds is 6. The molecule has 0 radical (unpaired) electrons. The van der Waals surface area contributed by atoms with Crippen molar-refractivity contribution in [1.82, 2.24) is 10.2 Å². The lowest BCUT2D eigenvalue weighted by Crippen LogP contribution is -2.11. The Labute approximate surface area is 184 Å². The number of benzene rings is 2. The molecule has 2 aromatic carbocycles. The Balaban J connectivity index is 1.55. The number of aromatic nitrogens is 2. The van der Waals surface area contributed by atoms with Crippen LogP contribution >= 0.6 is 11.3 Å². The minimum Gasteiger partial charge on any atom is -0.456 e. The van der Waals surface area contributed by atoms with Crippen LogP contribution in [0.25, 0.3) is 22.3 Å². The number of carbonyl (C=O) groups is 1. The van der Waals surface area contributed by atoms with E-state index in [4.69, 9.17) is 4.42 Å². The smallest absolute Gasteiger partial charge is 0.257 e. The number of nitrogens with one attached hydrogen (secondary N) is 1. The van der Waals surface area contributed by atoms with Crippen molar-refractivity contribution in [2.24, 2.45) is 0 Å². The van der Waals surface area contributed by atoms with Crippen molar-refractivity contribution in [3.05, 3.63) is 74.4 Å². The van der Waals surface area contributed by atoms with Crippen LogP contribution in [0.1, 0.15) is 46.3 Å². The molecule has 2 aromatic heterocycles. The van der Waals surface area contributed by atoms with Gasteiger partial charge in [0.2, 0.25) is 5.13 Å². The molecule has 4 rings (SSSR count). The molecular formula is C24H23N3O3S. The van der Waals surface area contributed by atoms with E-state index in [1.54, 1.807) is 24.3 Å². The van der Waals surface area contributed by atoms with Crippen LogP contribution < -0.4 is 10.7 Å². The van der Waals surface area contributed by atoms with E-state index < -0.39 is 0 Å². The van der Waals surface area contributed by atoms with Gasteiger partial charge in [-0.25, -0.2) is 0 Å². The summed E-state index contributed by atoms with van der Waals surface area (Å²) in [5, 5.41) is 12.9. The fourth-order valence-electron chi connectivity index (χ4n) is 3.44. The fourth-order valence-corrected chi connectivity index (χ4v) is 4.22. The summed E-state index contributed by atoms with van der Waals surface area (Å²) in [6, 6.07) is 12.3. The Hall–Kier alpha value is -3.32. The van der Waals surface area contributed by atoms with Crippen LogP contribution in [0.2, 0.25) is 0 Å². The molecule has 0 atom stereocenters. The maximum absolute atomic E-state index is 12.6. The normalized spacial score (nSPS) is 11.1. The molecule has 0 fully saturated rings. The second-order valence-corrected chi connectivity index (χ2v) is 8.63. The average Bonchev–Trinajstić information content (AvgIpc) is 3.20. The van der Waals surface area contributed by atoms with Crippen LogP contribution in [-0.4, -0.2) is 16.1 Å². The maximum Gasteiger partial charge on any atom is 0.257 e. The predicted octanol–water partition coefficient (Wildman–Crippen LogP) is 5.52. The van der Waals surface area contributed by atoms with Gasteiger partial charge in [-0.2, -0.15) is 0 Å². The zero-order valence-corrected chi connectivity index (χ0v) is 18.5. The first kappa shape index (κ1) is 20.9. The summed E-state index contributed by atoms with van der Waals surface area (Å²) in [6.07, 6.45) is 3.01. The highest BCUT2D eigenvalue weighted by Gasteiger charge is 2.13. The minimum absolute atomic E-state index is 0.0833. The molecule has 158 valence electrons. The van der Waals surface area contributed by atoms with Gasteiger partial charge in [0, 0.05) is 23.6 Å². The number of hydrogen-bond donors (Lipinski definition) is 1. The fraction of sp³-hybridized carbons (Fsp3) is 0.250. The van der Waals surface area contributed by atoms with Gasteiger partial charge in [0.15, 0.2) is 5.43 Å². The molecule has 0 saturated carbocycles. The molecule has 1 N–H and O–H groups in total. The number of unbranched alkanes of at least 4 members (excludes halogenated alkanes) is 1. The molecule has 4 aromatic rings. The quantitative estimate of drug-likeness (QED) is 0.432. The standard InChI is InChI=1S/C24H23N3O3S/c1-4-5-6-21-26-27-24(31-21)25-23(29)17-9-7-16(8-10-17)20-13-19(28)18-12-14(2)11-15(3)22(18)30-20/h7-13H,4-6H2,1-3H3,(H,25,27,29). The molecule has 0 spiro atoms. The van der Waals surface area contributed by atoms with E-state index in [0.717, 1.165) is 41.0 Å². The molecule has 0 aliphatic heterocycles. The van der Waals surface area contributed by atoms with Crippen molar-refractivity contribution in [3.8, 4) is 11.3 Å².